The van der Waals surface area contributed by atoms with E-state index < -0.39 is 36.9 Å². The van der Waals surface area contributed by atoms with Crippen LogP contribution >= 0.6 is 0 Å². The molecule has 6 N–H and O–H groups in total. The maximum Gasteiger partial charge on any atom is 0.212 e. The van der Waals surface area contributed by atoms with Crippen LogP contribution in [0.1, 0.15) is 0 Å². The van der Waals surface area contributed by atoms with E-state index in [0.29, 0.717) is 0 Å². The summed E-state index contributed by atoms with van der Waals surface area (Å²) in [4.78, 5) is 20.9. The predicted octanol–water partition coefficient (Wildman–Crippen LogP) is -4.31. The van der Waals surface area contributed by atoms with Gasteiger partial charge in [0.1, 0.15) is 18.3 Å². The van der Waals surface area contributed by atoms with Crippen molar-refractivity contribution in [2.45, 2.75) is 24.5 Å². The Bertz CT molecular complexity index is 221. The normalized spacial score (nSPS) is 18.7. The molecular formula is C7H13NO7. The molecule has 1 amide bonds. The monoisotopic (exact) mass is 223 g/mol. The molecule has 0 aromatic carbocycles. The SMILES string of the molecule is O=CNC(O)C(=O)[C@@H](O)[C@H](O)[C@H](O)CO. The van der Waals surface area contributed by atoms with Gasteiger partial charge < -0.3 is 30.8 Å². The molecule has 0 aliphatic heterocycles. The minimum atomic E-state index is -2.10. The van der Waals surface area contributed by atoms with E-state index in [1.165, 1.54) is 0 Å². The van der Waals surface area contributed by atoms with Gasteiger partial charge in [-0.3, -0.25) is 9.59 Å². The largest absolute Gasteiger partial charge is 0.394 e. The molecule has 0 rings (SSSR count). The van der Waals surface area contributed by atoms with E-state index in [0.717, 1.165) is 0 Å². The quantitative estimate of drug-likeness (QED) is 0.189. The molecule has 0 saturated carbocycles. The highest BCUT2D eigenvalue weighted by Crippen LogP contribution is 2.02. The van der Waals surface area contributed by atoms with Crippen molar-refractivity contribution in [2.75, 3.05) is 6.61 Å². The average Bonchev–Trinajstić information content (AvgIpc) is 2.25. The summed E-state index contributed by atoms with van der Waals surface area (Å²) in [6.07, 6.45) is -7.70. The maximum absolute atomic E-state index is 11.0. The van der Waals surface area contributed by atoms with Crippen LogP contribution in [0.2, 0.25) is 0 Å². The van der Waals surface area contributed by atoms with Crippen LogP contribution in [0.15, 0.2) is 0 Å². The number of amides is 1. The first-order chi connectivity index (χ1) is 6.95. The number of aliphatic hydroxyl groups excluding tert-OH is 5. The molecule has 0 aromatic heterocycles. The fourth-order valence-corrected chi connectivity index (χ4v) is 0.795. The lowest BCUT2D eigenvalue weighted by atomic mass is 10.0. The number of carbonyl (C=O) groups excluding carboxylic acids is 2. The average molecular weight is 223 g/mol. The zero-order chi connectivity index (χ0) is 12.0. The van der Waals surface area contributed by atoms with E-state index in [9.17, 15) is 9.59 Å². The Morgan fingerprint density at radius 1 is 1.27 bits per heavy atom. The molecule has 0 heterocycles. The lowest BCUT2D eigenvalue weighted by Crippen LogP contribution is -2.50. The summed E-state index contributed by atoms with van der Waals surface area (Å²) in [5.41, 5.74) is 0. The summed E-state index contributed by atoms with van der Waals surface area (Å²) in [5.74, 6) is -1.29. The van der Waals surface area contributed by atoms with E-state index in [1.807, 2.05) is 0 Å². The van der Waals surface area contributed by atoms with E-state index >= 15 is 0 Å². The molecule has 0 radical (unpaired) electrons. The Morgan fingerprint density at radius 2 is 1.80 bits per heavy atom. The molecule has 4 atom stereocenters. The Hall–Kier alpha value is -1.06. The molecule has 8 nitrogen and oxygen atoms in total. The van der Waals surface area contributed by atoms with Crippen molar-refractivity contribution >= 4 is 12.2 Å². The number of rotatable bonds is 7. The number of hydrogen-bond acceptors (Lipinski definition) is 7. The van der Waals surface area contributed by atoms with Crippen LogP contribution in [-0.2, 0) is 9.59 Å². The third-order valence-electron chi connectivity index (χ3n) is 1.69. The summed E-state index contributed by atoms with van der Waals surface area (Å²) >= 11 is 0. The van der Waals surface area contributed by atoms with Crippen LogP contribution in [0.25, 0.3) is 0 Å². The van der Waals surface area contributed by atoms with Gasteiger partial charge in [-0.25, -0.2) is 0 Å². The smallest absolute Gasteiger partial charge is 0.212 e. The number of nitrogens with one attached hydrogen (secondary N) is 1. The second kappa shape index (κ2) is 6.43. The first kappa shape index (κ1) is 13.9. The zero-order valence-electron chi connectivity index (χ0n) is 7.65. The predicted molar refractivity (Wildman–Crippen MR) is 45.3 cm³/mol. The van der Waals surface area contributed by atoms with Gasteiger partial charge in [-0.2, -0.15) is 0 Å². The van der Waals surface area contributed by atoms with Crippen molar-refractivity contribution < 1.29 is 35.1 Å². The highest BCUT2D eigenvalue weighted by atomic mass is 16.4. The summed E-state index contributed by atoms with van der Waals surface area (Å²) in [6, 6.07) is 0. The zero-order valence-corrected chi connectivity index (χ0v) is 7.65. The summed E-state index contributed by atoms with van der Waals surface area (Å²) in [5, 5.41) is 46.0. The molecule has 8 heteroatoms. The number of Topliss-reactive ketones (excluding diaryl/α,β-unsaturated/α-hetero) is 1. The van der Waals surface area contributed by atoms with Gasteiger partial charge in [-0.15, -0.1) is 0 Å². The Balaban J connectivity index is 4.36. The van der Waals surface area contributed by atoms with Crippen LogP contribution in [0.5, 0.6) is 0 Å². The molecule has 0 aliphatic rings. The minimum Gasteiger partial charge on any atom is -0.394 e. The molecule has 15 heavy (non-hydrogen) atoms. The van der Waals surface area contributed by atoms with Crippen molar-refractivity contribution in [3.05, 3.63) is 0 Å². The van der Waals surface area contributed by atoms with Crippen molar-refractivity contribution in [1.29, 1.82) is 0 Å². The summed E-state index contributed by atoms with van der Waals surface area (Å²) in [7, 11) is 0. The van der Waals surface area contributed by atoms with E-state index in [4.69, 9.17) is 25.5 Å². The number of hydrogen-bond donors (Lipinski definition) is 6. The molecule has 0 spiro atoms. The fraction of sp³-hybridized carbons (Fsp3) is 0.714. The van der Waals surface area contributed by atoms with Crippen LogP contribution in [0.4, 0.5) is 0 Å². The Kier molecular flexibility index (Phi) is 5.97. The third kappa shape index (κ3) is 3.90. The van der Waals surface area contributed by atoms with Crippen molar-refractivity contribution in [3.63, 3.8) is 0 Å². The van der Waals surface area contributed by atoms with Crippen LogP contribution in [0, 0.1) is 0 Å². The number of aliphatic hydroxyl groups is 5. The standard InChI is InChI=1S/C7H13NO7/c9-1-3(11)4(12)5(13)6(14)7(15)8-2-10/h2-5,7,9,11-13,15H,1H2,(H,8,10)/t3-,4-,5+,7?/m1/s1. The molecular weight excluding hydrogens is 210 g/mol. The highest BCUT2D eigenvalue weighted by molar-refractivity contribution is 5.88. The molecule has 0 saturated heterocycles. The molecule has 88 valence electrons. The van der Waals surface area contributed by atoms with Gasteiger partial charge in [0, 0.05) is 0 Å². The molecule has 0 aliphatic carbocycles. The second-order valence-corrected chi connectivity index (χ2v) is 2.77. The van der Waals surface area contributed by atoms with Gasteiger partial charge >= 0.3 is 0 Å². The minimum absolute atomic E-state index is 0.0319. The van der Waals surface area contributed by atoms with Gasteiger partial charge in [0.15, 0.2) is 6.23 Å². The first-order valence-corrected chi connectivity index (χ1v) is 4.02. The fourth-order valence-electron chi connectivity index (χ4n) is 0.795. The first-order valence-electron chi connectivity index (χ1n) is 4.02. The third-order valence-corrected chi connectivity index (χ3v) is 1.69. The van der Waals surface area contributed by atoms with Gasteiger partial charge in [0.25, 0.3) is 0 Å². The topological polar surface area (TPSA) is 147 Å². The van der Waals surface area contributed by atoms with Crippen LogP contribution < -0.4 is 5.32 Å². The Labute approximate surface area is 84.8 Å². The van der Waals surface area contributed by atoms with Crippen molar-refractivity contribution in [3.8, 4) is 0 Å². The summed E-state index contributed by atoms with van der Waals surface area (Å²) in [6.45, 7) is -0.858. The van der Waals surface area contributed by atoms with Gasteiger partial charge in [0.2, 0.25) is 12.2 Å². The molecule has 1 unspecified atom stereocenters. The lowest BCUT2D eigenvalue weighted by Gasteiger charge is -2.21. The van der Waals surface area contributed by atoms with Crippen molar-refractivity contribution in [2.24, 2.45) is 0 Å². The highest BCUT2D eigenvalue weighted by Gasteiger charge is 2.33. The van der Waals surface area contributed by atoms with Crippen LogP contribution in [-0.4, -0.2) is 68.9 Å². The van der Waals surface area contributed by atoms with E-state index in [-0.39, 0.29) is 6.41 Å². The lowest BCUT2D eigenvalue weighted by molar-refractivity contribution is -0.150. The molecule has 0 bridgehead atoms. The number of carbonyl (C=O) groups is 2. The van der Waals surface area contributed by atoms with E-state index in [1.54, 1.807) is 5.32 Å². The van der Waals surface area contributed by atoms with Gasteiger partial charge in [-0.05, 0) is 0 Å². The summed E-state index contributed by atoms with van der Waals surface area (Å²) < 4.78 is 0. The van der Waals surface area contributed by atoms with Crippen molar-refractivity contribution in [1.82, 2.24) is 5.32 Å². The van der Waals surface area contributed by atoms with E-state index in [2.05, 4.69) is 0 Å². The van der Waals surface area contributed by atoms with Gasteiger partial charge in [0.05, 0.1) is 6.61 Å². The number of ketones is 1. The maximum atomic E-state index is 11.0. The van der Waals surface area contributed by atoms with Gasteiger partial charge in [-0.1, -0.05) is 0 Å². The molecule has 0 aromatic rings. The molecule has 0 fully saturated rings. The van der Waals surface area contributed by atoms with Crippen LogP contribution in [0.3, 0.4) is 0 Å². The second-order valence-electron chi connectivity index (χ2n) is 2.77. The Morgan fingerprint density at radius 3 is 2.20 bits per heavy atom.